The van der Waals surface area contributed by atoms with Crippen LogP contribution in [0.25, 0.3) is 6.08 Å². The number of carbonyl (C=O) groups is 2. The molecular formula is C27H32F3N3O5. The van der Waals surface area contributed by atoms with Gasteiger partial charge in [-0.15, -0.1) is 13.2 Å². The van der Waals surface area contributed by atoms with E-state index >= 15 is 0 Å². The predicted molar refractivity (Wildman–Crippen MR) is 135 cm³/mol. The Morgan fingerprint density at radius 1 is 1.13 bits per heavy atom. The van der Waals surface area contributed by atoms with Gasteiger partial charge in [0.15, 0.2) is 0 Å². The maximum atomic E-state index is 13.2. The van der Waals surface area contributed by atoms with E-state index in [0.29, 0.717) is 37.4 Å². The van der Waals surface area contributed by atoms with Crippen molar-refractivity contribution in [3.8, 4) is 5.75 Å². The molecule has 3 rings (SSSR count). The number of nitrogens with zero attached hydrogens (tertiary/aromatic N) is 3. The molecule has 1 fully saturated rings. The van der Waals surface area contributed by atoms with Gasteiger partial charge >= 0.3 is 18.4 Å². The number of aromatic nitrogens is 1. The molecule has 0 spiro atoms. The summed E-state index contributed by atoms with van der Waals surface area (Å²) in [5.41, 5.74) is 0.771. The summed E-state index contributed by atoms with van der Waals surface area (Å²) >= 11 is 0. The van der Waals surface area contributed by atoms with Crippen LogP contribution < -0.4 is 9.64 Å². The van der Waals surface area contributed by atoms with Gasteiger partial charge in [-0.3, -0.25) is 9.80 Å². The minimum atomic E-state index is -4.74. The molecule has 0 N–H and O–H groups in total. The summed E-state index contributed by atoms with van der Waals surface area (Å²) in [6.07, 6.45) is -0.170. The summed E-state index contributed by atoms with van der Waals surface area (Å²) in [6.45, 7) is 9.04. The minimum Gasteiger partial charge on any atom is -0.463 e. The van der Waals surface area contributed by atoms with Crippen molar-refractivity contribution < 1.29 is 37.0 Å². The van der Waals surface area contributed by atoms with Crippen LogP contribution in [0, 0.1) is 0 Å². The summed E-state index contributed by atoms with van der Waals surface area (Å²) in [7, 11) is 0. The number of halogens is 3. The van der Waals surface area contributed by atoms with Crippen LogP contribution in [0.1, 0.15) is 45.2 Å². The van der Waals surface area contributed by atoms with Gasteiger partial charge < -0.3 is 14.2 Å². The van der Waals surface area contributed by atoms with E-state index < -0.39 is 24.0 Å². The highest BCUT2D eigenvalue weighted by atomic mass is 19.4. The van der Waals surface area contributed by atoms with Crippen LogP contribution in [-0.2, 0) is 20.8 Å². The first-order chi connectivity index (χ1) is 17.8. The van der Waals surface area contributed by atoms with Crippen molar-refractivity contribution in [2.45, 2.75) is 58.7 Å². The van der Waals surface area contributed by atoms with E-state index in [4.69, 9.17) is 9.47 Å². The van der Waals surface area contributed by atoms with Crippen LogP contribution in [0.4, 0.5) is 23.8 Å². The van der Waals surface area contributed by atoms with Crippen molar-refractivity contribution in [2.75, 3.05) is 24.6 Å². The molecule has 11 heteroatoms. The van der Waals surface area contributed by atoms with Crippen molar-refractivity contribution in [3.05, 3.63) is 59.8 Å². The zero-order valence-electron chi connectivity index (χ0n) is 21.8. The molecular weight excluding hydrogens is 503 g/mol. The van der Waals surface area contributed by atoms with Crippen LogP contribution in [0.3, 0.4) is 0 Å². The van der Waals surface area contributed by atoms with Crippen molar-refractivity contribution in [3.63, 3.8) is 0 Å². The Hall–Kier alpha value is -3.60. The Balaban J connectivity index is 1.72. The number of carbonyl (C=O) groups excluding carboxylic acids is 2. The van der Waals surface area contributed by atoms with Crippen molar-refractivity contribution >= 4 is 24.0 Å². The molecule has 8 nitrogen and oxygen atoms in total. The first-order valence-corrected chi connectivity index (χ1v) is 12.2. The number of ether oxygens (including phenoxy) is 3. The summed E-state index contributed by atoms with van der Waals surface area (Å²) in [5.74, 6) is -0.322. The van der Waals surface area contributed by atoms with E-state index in [1.807, 2.05) is 0 Å². The van der Waals surface area contributed by atoms with Crippen molar-refractivity contribution in [1.82, 2.24) is 9.88 Å². The van der Waals surface area contributed by atoms with E-state index in [2.05, 4.69) is 14.6 Å². The van der Waals surface area contributed by atoms with E-state index in [1.165, 1.54) is 23.1 Å². The molecule has 2 aromatic rings. The Morgan fingerprint density at radius 2 is 1.84 bits per heavy atom. The van der Waals surface area contributed by atoms with E-state index in [9.17, 15) is 22.8 Å². The highest BCUT2D eigenvalue weighted by Crippen LogP contribution is 2.27. The second kappa shape index (κ2) is 12.3. The van der Waals surface area contributed by atoms with Crippen LogP contribution in [0.2, 0.25) is 0 Å². The number of amides is 1. The highest BCUT2D eigenvalue weighted by Gasteiger charge is 2.35. The molecule has 38 heavy (non-hydrogen) atoms. The van der Waals surface area contributed by atoms with Crippen LogP contribution in [-0.4, -0.2) is 59.6 Å². The monoisotopic (exact) mass is 535 g/mol. The number of esters is 1. The van der Waals surface area contributed by atoms with Gasteiger partial charge in [-0.05, 0) is 75.6 Å². The fourth-order valence-electron chi connectivity index (χ4n) is 3.96. The molecule has 2 heterocycles. The Morgan fingerprint density at radius 3 is 2.42 bits per heavy atom. The average Bonchev–Trinajstić information content (AvgIpc) is 3.26. The third kappa shape index (κ3) is 9.05. The number of likely N-dealkylation sites (tertiary alicyclic amines) is 1. The molecule has 1 aliphatic rings. The van der Waals surface area contributed by atoms with E-state index in [-0.39, 0.29) is 18.4 Å². The average molecular weight is 536 g/mol. The Kier molecular flexibility index (Phi) is 9.37. The van der Waals surface area contributed by atoms with Crippen LogP contribution in [0.15, 0.2) is 48.7 Å². The SMILES string of the molecule is CCOC(=O)C=Cc1ccc(N(C(=O)OC(C)(C)C)[C@@H]2CCN(Cc3ccc(OC(F)(F)F)cc3)C2)nc1. The molecule has 0 unspecified atom stereocenters. The second-order valence-corrected chi connectivity index (χ2v) is 9.75. The van der Waals surface area contributed by atoms with Gasteiger partial charge in [-0.1, -0.05) is 12.1 Å². The molecule has 0 saturated carbocycles. The van der Waals surface area contributed by atoms with Gasteiger partial charge in [0.25, 0.3) is 0 Å². The predicted octanol–water partition coefficient (Wildman–Crippen LogP) is 5.57. The molecule has 0 bridgehead atoms. The smallest absolute Gasteiger partial charge is 0.463 e. The number of hydrogen-bond acceptors (Lipinski definition) is 7. The van der Waals surface area contributed by atoms with E-state index in [1.54, 1.807) is 64.2 Å². The van der Waals surface area contributed by atoms with Crippen LogP contribution >= 0.6 is 0 Å². The van der Waals surface area contributed by atoms with Crippen molar-refractivity contribution in [1.29, 1.82) is 0 Å². The zero-order valence-corrected chi connectivity index (χ0v) is 21.8. The normalized spacial score (nSPS) is 16.4. The van der Waals surface area contributed by atoms with E-state index in [0.717, 1.165) is 5.56 Å². The number of anilines is 1. The number of alkyl halides is 3. The maximum absolute atomic E-state index is 13.2. The third-order valence-corrected chi connectivity index (χ3v) is 5.48. The topological polar surface area (TPSA) is 81.2 Å². The third-order valence-electron chi connectivity index (χ3n) is 5.48. The fourth-order valence-corrected chi connectivity index (χ4v) is 3.96. The van der Waals surface area contributed by atoms with Gasteiger partial charge in [-0.2, -0.15) is 0 Å². The lowest BCUT2D eigenvalue weighted by atomic mass is 10.2. The molecule has 1 atom stereocenters. The van der Waals surface area contributed by atoms with Gasteiger partial charge in [0.1, 0.15) is 17.2 Å². The molecule has 1 aromatic heterocycles. The van der Waals surface area contributed by atoms with Gasteiger partial charge in [0.05, 0.1) is 12.6 Å². The first-order valence-electron chi connectivity index (χ1n) is 12.2. The number of pyridine rings is 1. The lowest BCUT2D eigenvalue weighted by Gasteiger charge is -2.31. The lowest BCUT2D eigenvalue weighted by Crippen LogP contribution is -2.45. The molecule has 0 radical (unpaired) electrons. The molecule has 1 amide bonds. The van der Waals surface area contributed by atoms with Crippen LogP contribution in [0.5, 0.6) is 5.75 Å². The number of rotatable bonds is 8. The Labute approximate surface area is 220 Å². The molecule has 206 valence electrons. The summed E-state index contributed by atoms with van der Waals surface area (Å²) in [5, 5.41) is 0. The number of hydrogen-bond donors (Lipinski definition) is 0. The first kappa shape index (κ1) is 29.0. The minimum absolute atomic E-state index is 0.230. The largest absolute Gasteiger partial charge is 0.573 e. The Bertz CT molecular complexity index is 1110. The van der Waals surface area contributed by atoms with Gasteiger partial charge in [0.2, 0.25) is 0 Å². The summed E-state index contributed by atoms with van der Waals surface area (Å²) < 4.78 is 51.7. The quantitative estimate of drug-likeness (QED) is 0.323. The summed E-state index contributed by atoms with van der Waals surface area (Å²) in [6, 6.07) is 8.94. The molecule has 0 aliphatic carbocycles. The van der Waals surface area contributed by atoms with Gasteiger partial charge in [0, 0.05) is 31.9 Å². The fraction of sp³-hybridized carbons (Fsp3) is 0.444. The lowest BCUT2D eigenvalue weighted by molar-refractivity contribution is -0.274. The van der Waals surface area contributed by atoms with Crippen molar-refractivity contribution in [2.24, 2.45) is 0 Å². The van der Waals surface area contributed by atoms with Gasteiger partial charge in [-0.25, -0.2) is 14.6 Å². The second-order valence-electron chi connectivity index (χ2n) is 9.75. The summed E-state index contributed by atoms with van der Waals surface area (Å²) in [4.78, 5) is 32.9. The molecule has 1 saturated heterocycles. The molecule has 1 aromatic carbocycles. The number of benzene rings is 1. The maximum Gasteiger partial charge on any atom is 0.573 e. The standard InChI is InChI=1S/C27H32F3N3O5/c1-5-36-24(34)13-9-19-8-12-23(31-16-19)33(25(35)38-26(2,3)4)21-14-15-32(18-21)17-20-6-10-22(11-7-20)37-27(28,29)30/h6-13,16,21H,5,14-15,17-18H2,1-4H3/t21-/m1/s1. The zero-order chi connectivity index (χ0) is 27.9. The highest BCUT2D eigenvalue weighted by molar-refractivity contribution is 5.88. The molecule has 1 aliphatic heterocycles.